The fourth-order valence-corrected chi connectivity index (χ4v) is 2.13. The molecule has 2 nitrogen and oxygen atoms in total. The van der Waals surface area contributed by atoms with E-state index in [0.717, 1.165) is 19.2 Å². The molecule has 0 radical (unpaired) electrons. The molecule has 0 aromatic heterocycles. The molecule has 2 N–H and O–H groups in total. The molecule has 2 rings (SSSR count). The maximum atomic E-state index is 12.7. The maximum Gasteiger partial charge on any atom is 0.418 e. The van der Waals surface area contributed by atoms with Crippen molar-refractivity contribution in [2.45, 2.75) is 20.0 Å². The zero-order valence-electron chi connectivity index (χ0n) is 10.5. The Morgan fingerprint density at radius 3 is 2.39 bits per heavy atom. The van der Waals surface area contributed by atoms with Gasteiger partial charge >= 0.3 is 6.18 Å². The number of halogens is 3. The Hall–Kier alpha value is -1.39. The highest BCUT2D eigenvalue weighted by Crippen LogP contribution is 2.37. The molecule has 100 valence electrons. The van der Waals surface area contributed by atoms with E-state index in [9.17, 15) is 13.2 Å². The Morgan fingerprint density at radius 2 is 1.89 bits per heavy atom. The standard InChI is InChI=1S/C13H17F3N2/c1-8(2)9-6-18(7-9)10-3-4-12(17)11(5-10)13(14,15)16/h3-5,8-9H,6-7,17H2,1-2H3. The van der Waals surface area contributed by atoms with Crippen LogP contribution in [-0.4, -0.2) is 13.1 Å². The molecule has 0 saturated carbocycles. The molecule has 1 saturated heterocycles. The van der Waals surface area contributed by atoms with Gasteiger partial charge < -0.3 is 10.6 Å². The molecule has 0 atom stereocenters. The average molecular weight is 258 g/mol. The van der Waals surface area contributed by atoms with Gasteiger partial charge in [0.15, 0.2) is 0 Å². The molecule has 1 aromatic rings. The lowest BCUT2D eigenvalue weighted by molar-refractivity contribution is -0.136. The number of alkyl halides is 3. The first-order chi connectivity index (χ1) is 8.29. The van der Waals surface area contributed by atoms with Gasteiger partial charge in [-0.1, -0.05) is 13.8 Å². The Bertz CT molecular complexity index is 434. The van der Waals surface area contributed by atoms with E-state index in [4.69, 9.17) is 5.73 Å². The summed E-state index contributed by atoms with van der Waals surface area (Å²) in [6.45, 7) is 5.90. The first-order valence-electron chi connectivity index (χ1n) is 6.00. The van der Waals surface area contributed by atoms with E-state index in [0.29, 0.717) is 17.5 Å². The zero-order valence-corrected chi connectivity index (χ0v) is 10.5. The van der Waals surface area contributed by atoms with Gasteiger partial charge in [0.1, 0.15) is 0 Å². The first kappa shape index (κ1) is 13.1. The van der Waals surface area contributed by atoms with Gasteiger partial charge in [-0.05, 0) is 30.0 Å². The van der Waals surface area contributed by atoms with Crippen molar-refractivity contribution in [2.75, 3.05) is 23.7 Å². The summed E-state index contributed by atoms with van der Waals surface area (Å²) in [4.78, 5) is 1.96. The van der Waals surface area contributed by atoms with E-state index >= 15 is 0 Å². The van der Waals surface area contributed by atoms with Crippen molar-refractivity contribution in [1.82, 2.24) is 0 Å². The van der Waals surface area contributed by atoms with E-state index < -0.39 is 11.7 Å². The van der Waals surface area contributed by atoms with Crippen LogP contribution in [0, 0.1) is 11.8 Å². The summed E-state index contributed by atoms with van der Waals surface area (Å²) in [6.07, 6.45) is -4.39. The monoisotopic (exact) mass is 258 g/mol. The van der Waals surface area contributed by atoms with Crippen LogP contribution in [0.1, 0.15) is 19.4 Å². The number of anilines is 2. The summed E-state index contributed by atoms with van der Waals surface area (Å²) >= 11 is 0. The first-order valence-corrected chi connectivity index (χ1v) is 6.00. The second-order valence-electron chi connectivity index (χ2n) is 5.18. The van der Waals surface area contributed by atoms with Crippen molar-refractivity contribution in [3.05, 3.63) is 23.8 Å². The third-order valence-electron chi connectivity index (χ3n) is 3.56. The lowest BCUT2D eigenvalue weighted by Crippen LogP contribution is -2.49. The van der Waals surface area contributed by atoms with Crippen molar-refractivity contribution in [3.63, 3.8) is 0 Å². The molecule has 0 spiro atoms. The highest BCUT2D eigenvalue weighted by molar-refractivity contribution is 5.60. The predicted molar refractivity (Wildman–Crippen MR) is 66.4 cm³/mol. The molecular formula is C13H17F3N2. The maximum absolute atomic E-state index is 12.7. The molecule has 5 heteroatoms. The number of benzene rings is 1. The highest BCUT2D eigenvalue weighted by atomic mass is 19.4. The summed E-state index contributed by atoms with van der Waals surface area (Å²) in [5.74, 6) is 1.13. The molecule has 1 aliphatic rings. The normalized spacial score (nSPS) is 17.1. The van der Waals surface area contributed by atoms with Crippen molar-refractivity contribution in [3.8, 4) is 0 Å². The average Bonchev–Trinajstić information content (AvgIpc) is 2.15. The largest absolute Gasteiger partial charge is 0.418 e. The van der Waals surface area contributed by atoms with Gasteiger partial charge in [-0.2, -0.15) is 13.2 Å². The lowest BCUT2D eigenvalue weighted by atomic mass is 9.88. The Balaban J connectivity index is 2.17. The molecular weight excluding hydrogens is 241 g/mol. The van der Waals surface area contributed by atoms with Gasteiger partial charge in [-0.3, -0.25) is 0 Å². The van der Waals surface area contributed by atoms with Crippen LogP contribution >= 0.6 is 0 Å². The molecule has 0 unspecified atom stereocenters. The van der Waals surface area contributed by atoms with Gasteiger partial charge in [0, 0.05) is 24.5 Å². The van der Waals surface area contributed by atoms with Crippen molar-refractivity contribution >= 4 is 11.4 Å². The number of hydrogen-bond acceptors (Lipinski definition) is 2. The second-order valence-corrected chi connectivity index (χ2v) is 5.18. The second kappa shape index (κ2) is 4.37. The van der Waals surface area contributed by atoms with E-state index in [1.807, 2.05) is 4.90 Å². The molecule has 1 aromatic carbocycles. The number of nitrogen functional groups attached to an aromatic ring is 1. The number of nitrogens with zero attached hydrogens (tertiary/aromatic N) is 1. The quantitative estimate of drug-likeness (QED) is 0.824. The topological polar surface area (TPSA) is 29.3 Å². The molecule has 18 heavy (non-hydrogen) atoms. The smallest absolute Gasteiger partial charge is 0.398 e. The summed E-state index contributed by atoms with van der Waals surface area (Å²) in [6, 6.07) is 4.13. The molecule has 1 aliphatic heterocycles. The predicted octanol–water partition coefficient (Wildman–Crippen LogP) is 3.38. The molecule has 1 heterocycles. The SMILES string of the molecule is CC(C)C1CN(c2ccc(N)c(C(F)(F)F)c2)C1. The minimum Gasteiger partial charge on any atom is -0.398 e. The minimum atomic E-state index is -4.39. The summed E-state index contributed by atoms with van der Waals surface area (Å²) in [5, 5.41) is 0. The van der Waals surface area contributed by atoms with Crippen LogP contribution in [0.2, 0.25) is 0 Å². The fourth-order valence-electron chi connectivity index (χ4n) is 2.13. The van der Waals surface area contributed by atoms with Gasteiger partial charge in [0.05, 0.1) is 5.56 Å². The van der Waals surface area contributed by atoms with Gasteiger partial charge in [0.2, 0.25) is 0 Å². The number of hydrogen-bond donors (Lipinski definition) is 1. The molecule has 0 aliphatic carbocycles. The van der Waals surface area contributed by atoms with Gasteiger partial charge in [-0.25, -0.2) is 0 Å². The summed E-state index contributed by atoms with van der Waals surface area (Å²) in [5.41, 5.74) is 5.02. The third-order valence-corrected chi connectivity index (χ3v) is 3.56. The van der Waals surface area contributed by atoms with Crippen molar-refractivity contribution < 1.29 is 13.2 Å². The number of nitrogens with two attached hydrogens (primary N) is 1. The van der Waals surface area contributed by atoms with Crippen LogP contribution in [0.15, 0.2) is 18.2 Å². The van der Waals surface area contributed by atoms with E-state index in [1.54, 1.807) is 6.07 Å². The Labute approximate surface area is 105 Å². The van der Waals surface area contributed by atoms with Crippen LogP contribution < -0.4 is 10.6 Å². The van der Waals surface area contributed by atoms with Crippen LogP contribution in [0.25, 0.3) is 0 Å². The fraction of sp³-hybridized carbons (Fsp3) is 0.538. The Morgan fingerprint density at radius 1 is 1.28 bits per heavy atom. The van der Waals surface area contributed by atoms with Crippen LogP contribution in [0.5, 0.6) is 0 Å². The lowest BCUT2D eigenvalue weighted by Gasteiger charge is -2.43. The molecule has 0 bridgehead atoms. The molecule has 0 amide bonds. The highest BCUT2D eigenvalue weighted by Gasteiger charge is 2.35. The van der Waals surface area contributed by atoms with Gasteiger partial charge in [-0.15, -0.1) is 0 Å². The van der Waals surface area contributed by atoms with E-state index in [1.165, 1.54) is 6.07 Å². The third kappa shape index (κ3) is 2.40. The van der Waals surface area contributed by atoms with E-state index in [2.05, 4.69) is 13.8 Å². The van der Waals surface area contributed by atoms with Crippen LogP contribution in [0.4, 0.5) is 24.5 Å². The van der Waals surface area contributed by atoms with Crippen molar-refractivity contribution in [2.24, 2.45) is 11.8 Å². The summed E-state index contributed by atoms with van der Waals surface area (Å²) in [7, 11) is 0. The molecule has 1 fully saturated rings. The summed E-state index contributed by atoms with van der Waals surface area (Å²) < 4.78 is 38.2. The van der Waals surface area contributed by atoms with Crippen LogP contribution in [0.3, 0.4) is 0 Å². The van der Waals surface area contributed by atoms with Crippen molar-refractivity contribution in [1.29, 1.82) is 0 Å². The Kier molecular flexibility index (Phi) is 3.17. The van der Waals surface area contributed by atoms with Crippen LogP contribution in [-0.2, 0) is 6.18 Å². The number of rotatable bonds is 2. The zero-order chi connectivity index (χ0) is 13.5. The van der Waals surface area contributed by atoms with E-state index in [-0.39, 0.29) is 5.69 Å². The minimum absolute atomic E-state index is 0.216. The van der Waals surface area contributed by atoms with Gasteiger partial charge in [0.25, 0.3) is 0 Å².